The van der Waals surface area contributed by atoms with Gasteiger partial charge in [0.15, 0.2) is 0 Å². The van der Waals surface area contributed by atoms with E-state index in [-0.39, 0.29) is 12.3 Å². The van der Waals surface area contributed by atoms with Gasteiger partial charge in [0, 0.05) is 6.42 Å². The number of carbonyl (C=O) groups excluding carboxylic acids is 3. The quantitative estimate of drug-likeness (QED) is 0.782. The van der Waals surface area contributed by atoms with Crippen LogP contribution < -0.4 is 10.6 Å². The first-order valence-corrected chi connectivity index (χ1v) is 8.08. The summed E-state index contributed by atoms with van der Waals surface area (Å²) in [6.45, 7) is 4.74. The summed E-state index contributed by atoms with van der Waals surface area (Å²) in [7, 11) is 0. The molecule has 1 aromatic carbocycles. The van der Waals surface area contributed by atoms with Gasteiger partial charge in [-0.15, -0.1) is 0 Å². The minimum absolute atomic E-state index is 0.213. The number of urea groups is 1. The first-order chi connectivity index (χ1) is 12.0. The molecule has 0 radical (unpaired) electrons. The molecule has 4 amide bonds. The van der Waals surface area contributed by atoms with Crippen molar-refractivity contribution < 1.29 is 27.6 Å². The number of imide groups is 1. The lowest BCUT2D eigenvalue weighted by Crippen LogP contribution is -2.69. The van der Waals surface area contributed by atoms with Crippen molar-refractivity contribution in [2.75, 3.05) is 0 Å². The Morgan fingerprint density at radius 1 is 1.19 bits per heavy atom. The first-order valence-electron chi connectivity index (χ1n) is 8.08. The molecule has 1 saturated heterocycles. The molecule has 2 unspecified atom stereocenters. The van der Waals surface area contributed by atoms with Crippen molar-refractivity contribution in [1.29, 1.82) is 0 Å². The molecule has 0 bridgehead atoms. The second kappa shape index (κ2) is 6.97. The third kappa shape index (κ3) is 3.51. The van der Waals surface area contributed by atoms with Crippen LogP contribution in [-0.4, -0.2) is 34.6 Å². The summed E-state index contributed by atoms with van der Waals surface area (Å²) in [5, 5.41) is 3.34. The molecule has 1 aliphatic heterocycles. The van der Waals surface area contributed by atoms with Crippen molar-refractivity contribution in [2.45, 2.75) is 45.1 Å². The minimum Gasteiger partial charge on any atom is -0.318 e. The van der Waals surface area contributed by atoms with E-state index in [0.717, 1.165) is 0 Å². The largest absolute Gasteiger partial charge is 0.440 e. The zero-order chi connectivity index (χ0) is 19.7. The van der Waals surface area contributed by atoms with Gasteiger partial charge in [0.2, 0.25) is 5.91 Å². The fraction of sp³-hybridized carbons (Fsp3) is 0.471. The lowest BCUT2D eigenvalue weighted by atomic mass is 10.0. The molecule has 9 heteroatoms. The fourth-order valence-corrected chi connectivity index (χ4v) is 2.76. The molecule has 6 nitrogen and oxygen atoms in total. The van der Waals surface area contributed by atoms with Crippen LogP contribution in [0.5, 0.6) is 0 Å². The smallest absolute Gasteiger partial charge is 0.318 e. The second-order valence-corrected chi connectivity index (χ2v) is 6.59. The highest BCUT2D eigenvalue weighted by Crippen LogP contribution is 2.37. The summed E-state index contributed by atoms with van der Waals surface area (Å²) in [5.41, 5.74) is -2.97. The van der Waals surface area contributed by atoms with Gasteiger partial charge in [0.25, 0.3) is 11.6 Å². The predicted molar refractivity (Wildman–Crippen MR) is 86.6 cm³/mol. The molecular formula is C17H20F3N3O3. The van der Waals surface area contributed by atoms with Crippen LogP contribution in [0.4, 0.5) is 18.0 Å². The molecular weight excluding hydrogens is 351 g/mol. The highest BCUT2D eigenvalue weighted by atomic mass is 19.4. The molecule has 1 fully saturated rings. The van der Waals surface area contributed by atoms with E-state index in [9.17, 15) is 27.6 Å². The van der Waals surface area contributed by atoms with Crippen LogP contribution in [0.25, 0.3) is 0 Å². The van der Waals surface area contributed by atoms with E-state index in [4.69, 9.17) is 0 Å². The maximum atomic E-state index is 13.7. The van der Waals surface area contributed by atoms with Crippen LogP contribution in [0.15, 0.2) is 30.3 Å². The molecule has 0 aliphatic carbocycles. The molecule has 0 spiro atoms. The predicted octanol–water partition coefficient (Wildman–Crippen LogP) is 2.72. The van der Waals surface area contributed by atoms with E-state index in [1.54, 1.807) is 54.8 Å². The maximum Gasteiger partial charge on any atom is 0.440 e. The number of benzene rings is 1. The van der Waals surface area contributed by atoms with Gasteiger partial charge < -0.3 is 5.32 Å². The van der Waals surface area contributed by atoms with Gasteiger partial charge in [-0.2, -0.15) is 13.2 Å². The van der Waals surface area contributed by atoms with Crippen molar-refractivity contribution in [3.63, 3.8) is 0 Å². The van der Waals surface area contributed by atoms with Gasteiger partial charge in [0.1, 0.15) is 0 Å². The lowest BCUT2D eigenvalue weighted by Gasteiger charge is -2.31. The van der Waals surface area contributed by atoms with Gasteiger partial charge in [-0.05, 0) is 18.4 Å². The molecule has 142 valence electrons. The number of halogens is 3. The zero-order valence-corrected chi connectivity index (χ0v) is 14.6. The zero-order valence-electron chi connectivity index (χ0n) is 14.6. The van der Waals surface area contributed by atoms with Gasteiger partial charge >= 0.3 is 12.2 Å². The molecule has 0 saturated carbocycles. The van der Waals surface area contributed by atoms with Gasteiger partial charge in [-0.1, -0.05) is 44.2 Å². The van der Waals surface area contributed by atoms with Crippen LogP contribution >= 0.6 is 0 Å². The van der Waals surface area contributed by atoms with E-state index in [0.29, 0.717) is 10.5 Å². The molecule has 2 atom stereocenters. The molecule has 2 N–H and O–H groups in total. The summed E-state index contributed by atoms with van der Waals surface area (Å²) in [6, 6.07) is 6.03. The Kier molecular flexibility index (Phi) is 5.29. The molecule has 1 aromatic rings. The summed E-state index contributed by atoms with van der Waals surface area (Å²) < 4.78 is 41.1. The van der Waals surface area contributed by atoms with Crippen molar-refractivity contribution in [1.82, 2.24) is 15.5 Å². The molecule has 26 heavy (non-hydrogen) atoms. The normalized spacial score (nSPS) is 21.7. The third-order valence-electron chi connectivity index (χ3n) is 4.07. The summed E-state index contributed by atoms with van der Waals surface area (Å²) in [4.78, 5) is 37.2. The number of amides is 4. The minimum atomic E-state index is -5.20. The van der Waals surface area contributed by atoms with Crippen molar-refractivity contribution in [2.24, 2.45) is 5.92 Å². The van der Waals surface area contributed by atoms with E-state index in [1.807, 2.05) is 0 Å². The maximum absolute atomic E-state index is 13.7. The second-order valence-electron chi connectivity index (χ2n) is 6.59. The molecule has 0 aromatic heterocycles. The van der Waals surface area contributed by atoms with E-state index in [1.165, 1.54) is 6.92 Å². The van der Waals surface area contributed by atoms with Gasteiger partial charge in [-0.3, -0.25) is 19.8 Å². The van der Waals surface area contributed by atoms with Crippen LogP contribution in [-0.2, 0) is 9.59 Å². The van der Waals surface area contributed by atoms with Crippen LogP contribution in [0, 0.1) is 5.92 Å². The first kappa shape index (κ1) is 19.7. The lowest BCUT2D eigenvalue weighted by molar-refractivity contribution is -0.204. The number of hydrogen-bond acceptors (Lipinski definition) is 3. The Bertz CT molecular complexity index is 706. The summed E-state index contributed by atoms with van der Waals surface area (Å²) >= 11 is 0. The molecule has 1 aliphatic rings. The highest BCUT2D eigenvalue weighted by molar-refractivity contribution is 6.09. The number of alkyl halides is 3. The van der Waals surface area contributed by atoms with E-state index in [2.05, 4.69) is 0 Å². The Balaban J connectivity index is 2.38. The summed E-state index contributed by atoms with van der Waals surface area (Å²) in [6.07, 6.45) is -5.41. The Morgan fingerprint density at radius 2 is 1.77 bits per heavy atom. The number of rotatable bonds is 5. The molecule has 1 heterocycles. The monoisotopic (exact) mass is 371 g/mol. The number of carbonyl (C=O) groups is 3. The van der Waals surface area contributed by atoms with Crippen molar-refractivity contribution >= 4 is 17.8 Å². The number of nitrogens with zero attached hydrogens (tertiary/aromatic N) is 1. The van der Waals surface area contributed by atoms with Crippen molar-refractivity contribution in [3.8, 4) is 0 Å². The third-order valence-corrected chi connectivity index (χ3v) is 4.07. The van der Waals surface area contributed by atoms with E-state index >= 15 is 0 Å². The van der Waals surface area contributed by atoms with Crippen LogP contribution in [0.1, 0.15) is 38.8 Å². The van der Waals surface area contributed by atoms with Gasteiger partial charge in [-0.25, -0.2) is 4.79 Å². The highest BCUT2D eigenvalue weighted by Gasteiger charge is 2.69. The SMILES string of the molecule is CC(C)CC(=O)NC1(C(F)(F)F)NC(=O)N(C(C)c2ccccc2)C1=O. The van der Waals surface area contributed by atoms with Crippen molar-refractivity contribution in [3.05, 3.63) is 35.9 Å². The standard InChI is InChI=1S/C17H20F3N3O3/c1-10(2)9-13(24)21-16(17(18,19)20)14(25)23(15(26)22-16)11(3)12-7-5-4-6-8-12/h4-8,10-11H,9H2,1-3H3,(H,21,24)(H,22,26). The Labute approximate surface area is 148 Å². The van der Waals surface area contributed by atoms with Gasteiger partial charge in [0.05, 0.1) is 6.04 Å². The number of hydrogen-bond donors (Lipinski definition) is 2. The Morgan fingerprint density at radius 3 is 2.27 bits per heavy atom. The van der Waals surface area contributed by atoms with E-state index < -0.39 is 35.7 Å². The molecule has 2 rings (SSSR count). The topological polar surface area (TPSA) is 78.5 Å². The fourth-order valence-electron chi connectivity index (χ4n) is 2.76. The number of nitrogens with one attached hydrogen (secondary N) is 2. The van der Waals surface area contributed by atoms with Crippen LogP contribution in [0.3, 0.4) is 0 Å². The average Bonchev–Trinajstić information content (AvgIpc) is 2.78. The average molecular weight is 371 g/mol. The summed E-state index contributed by atoms with van der Waals surface area (Å²) in [5.74, 6) is -2.74. The Hall–Kier alpha value is -2.58. The van der Waals surface area contributed by atoms with Crippen LogP contribution in [0.2, 0.25) is 0 Å².